The molecule has 0 N–H and O–H groups in total. The summed E-state index contributed by atoms with van der Waals surface area (Å²) in [5, 5.41) is 12.6. The molecule has 17 heavy (non-hydrogen) atoms. The van der Waals surface area contributed by atoms with Crippen LogP contribution in [0.5, 0.6) is 0 Å². The van der Waals surface area contributed by atoms with Gasteiger partial charge in [-0.2, -0.15) is 4.33 Å². The second kappa shape index (κ2) is 9.29. The molecule has 0 bridgehead atoms. The van der Waals surface area contributed by atoms with Crippen LogP contribution in [0.4, 0.5) is 0 Å². The molecule has 0 saturated heterocycles. The van der Waals surface area contributed by atoms with Crippen LogP contribution in [-0.2, 0) is 19.5 Å². The van der Waals surface area contributed by atoms with Gasteiger partial charge in [0.15, 0.2) is 0 Å². The van der Waals surface area contributed by atoms with Crippen molar-refractivity contribution in [2.24, 2.45) is 0 Å². The van der Waals surface area contributed by atoms with E-state index in [-0.39, 0.29) is 68.9 Å². The largest absolute Gasteiger partial charge is 1.00 e. The Hall–Kier alpha value is 1.36. The predicted octanol–water partition coefficient (Wildman–Crippen LogP) is -5.86. The summed E-state index contributed by atoms with van der Waals surface area (Å²) < 4.78 is 36.3. The summed E-state index contributed by atoms with van der Waals surface area (Å²) in [4.78, 5) is -0.0622. The number of aryl methyl sites for hydroxylation is 1. The maximum atomic E-state index is 10.8. The summed E-state index contributed by atoms with van der Waals surface area (Å²) in [7, 11) is -4.52. The van der Waals surface area contributed by atoms with Crippen LogP contribution in [0, 0.1) is 6.92 Å². The average molecular weight is 296 g/mol. The van der Waals surface area contributed by atoms with Crippen LogP contribution in [0.2, 0.25) is 0 Å². The van der Waals surface area contributed by atoms with Crippen molar-refractivity contribution in [2.75, 3.05) is 0 Å². The molecular weight excluding hydrogens is 290 g/mol. The van der Waals surface area contributed by atoms with Gasteiger partial charge in [0.05, 0.1) is 16.9 Å². The first kappa shape index (κ1) is 20.7. The Morgan fingerprint density at radius 2 is 1.88 bits per heavy atom. The van der Waals surface area contributed by atoms with Crippen LogP contribution >= 0.6 is 12.0 Å². The molecule has 0 atom stereocenters. The molecule has 0 aliphatic carbocycles. The Balaban J connectivity index is 0. The Bertz CT molecular complexity index is 450. The van der Waals surface area contributed by atoms with Crippen LogP contribution in [0.3, 0.4) is 0 Å². The molecule has 0 aromatic heterocycles. The van der Waals surface area contributed by atoms with E-state index < -0.39 is 10.1 Å². The molecule has 0 spiro atoms. The summed E-state index contributed by atoms with van der Waals surface area (Å²) in [6.45, 7) is 1.49. The quantitative estimate of drug-likeness (QED) is 0.179. The van der Waals surface area contributed by atoms with Crippen molar-refractivity contribution in [1.82, 2.24) is 0 Å². The van der Waals surface area contributed by atoms with Gasteiger partial charge in [-0.15, -0.1) is 0 Å². The minimum Gasteiger partial charge on any atom is -0.744 e. The van der Waals surface area contributed by atoms with Crippen LogP contribution in [-0.4, -0.2) is 13.0 Å². The van der Waals surface area contributed by atoms with Crippen molar-refractivity contribution < 1.29 is 86.7 Å². The molecule has 0 heterocycles. The van der Waals surface area contributed by atoms with Crippen molar-refractivity contribution >= 4 is 22.2 Å². The Kier molecular flexibility index (Phi) is 11.3. The zero-order valence-electron chi connectivity index (χ0n) is 9.50. The van der Waals surface area contributed by atoms with E-state index in [0.29, 0.717) is 17.6 Å². The molecule has 84 valence electrons. The Morgan fingerprint density at radius 1 is 1.29 bits per heavy atom. The SMILES string of the molecule is Cc1ccc(SOO[O-])cc1S(=O)(=O)[O-].[Na+].[Na+]. The van der Waals surface area contributed by atoms with Gasteiger partial charge >= 0.3 is 59.1 Å². The van der Waals surface area contributed by atoms with E-state index >= 15 is 0 Å². The third-order valence-corrected chi connectivity index (χ3v) is 3.14. The molecular formula is C7H6Na2O6S2. The third kappa shape index (κ3) is 6.90. The molecule has 0 amide bonds. The zero-order chi connectivity index (χ0) is 11.5. The minimum atomic E-state index is -4.52. The molecule has 0 aliphatic rings. The maximum Gasteiger partial charge on any atom is 1.00 e. The van der Waals surface area contributed by atoms with E-state index in [2.05, 4.69) is 9.37 Å². The fourth-order valence-corrected chi connectivity index (χ4v) is 2.16. The van der Waals surface area contributed by atoms with Gasteiger partial charge in [-0.1, -0.05) is 6.07 Å². The minimum absolute atomic E-state index is 0. The maximum absolute atomic E-state index is 10.8. The van der Waals surface area contributed by atoms with Gasteiger partial charge in [0.1, 0.15) is 10.1 Å². The fraction of sp³-hybridized carbons (Fsp3) is 0.143. The van der Waals surface area contributed by atoms with Gasteiger partial charge < -0.3 is 9.81 Å². The fourth-order valence-electron chi connectivity index (χ4n) is 0.955. The Morgan fingerprint density at radius 3 is 2.35 bits per heavy atom. The summed E-state index contributed by atoms with van der Waals surface area (Å²) in [6, 6.07) is 4.04. The second-order valence-electron chi connectivity index (χ2n) is 2.60. The number of hydrogen-bond donors (Lipinski definition) is 0. The van der Waals surface area contributed by atoms with Crippen LogP contribution in [0.1, 0.15) is 5.56 Å². The van der Waals surface area contributed by atoms with Crippen LogP contribution in [0.25, 0.3) is 0 Å². The Labute approximate surface area is 147 Å². The van der Waals surface area contributed by atoms with Gasteiger partial charge in [0.2, 0.25) is 0 Å². The zero-order valence-corrected chi connectivity index (χ0v) is 15.1. The van der Waals surface area contributed by atoms with Gasteiger partial charge in [-0.05, 0) is 24.6 Å². The van der Waals surface area contributed by atoms with Crippen molar-refractivity contribution in [2.45, 2.75) is 16.7 Å². The van der Waals surface area contributed by atoms with Gasteiger partial charge in [-0.25, -0.2) is 8.42 Å². The van der Waals surface area contributed by atoms with Crippen LogP contribution in [0.15, 0.2) is 28.0 Å². The summed E-state index contributed by atoms with van der Waals surface area (Å²) >= 11 is 0.521. The molecule has 0 unspecified atom stereocenters. The number of rotatable bonds is 4. The molecule has 0 saturated carbocycles. The van der Waals surface area contributed by atoms with Gasteiger partial charge in [0, 0.05) is 4.90 Å². The first-order valence-corrected chi connectivity index (χ1v) is 5.80. The molecule has 0 fully saturated rings. The molecule has 10 heteroatoms. The number of benzene rings is 1. The third-order valence-electron chi connectivity index (χ3n) is 1.59. The topological polar surface area (TPSA) is 98.7 Å². The first-order valence-electron chi connectivity index (χ1n) is 3.65. The van der Waals surface area contributed by atoms with Crippen molar-refractivity contribution in [3.05, 3.63) is 23.8 Å². The van der Waals surface area contributed by atoms with E-state index in [0.717, 1.165) is 6.07 Å². The molecule has 1 aromatic rings. The molecule has 1 aromatic carbocycles. The number of hydrogen-bond acceptors (Lipinski definition) is 7. The van der Waals surface area contributed by atoms with Crippen molar-refractivity contribution in [3.8, 4) is 0 Å². The smallest absolute Gasteiger partial charge is 0.744 e. The van der Waals surface area contributed by atoms with E-state index in [4.69, 9.17) is 0 Å². The van der Waals surface area contributed by atoms with Crippen LogP contribution < -0.4 is 64.4 Å². The first-order chi connectivity index (χ1) is 6.95. The van der Waals surface area contributed by atoms with Gasteiger partial charge in [-0.3, -0.25) is 5.04 Å². The molecule has 6 nitrogen and oxygen atoms in total. The van der Waals surface area contributed by atoms with E-state index in [9.17, 15) is 18.2 Å². The molecule has 0 radical (unpaired) electrons. The predicted molar refractivity (Wildman–Crippen MR) is 47.2 cm³/mol. The standard InChI is InChI=1S/C7H8O6S2.2Na/c1-5-2-3-6(14-13-12-8)4-7(5)15(9,10)11;;/h2-4,8H,1H3,(H,9,10,11);;/q;2*+1/p-2. The molecule has 0 aliphatic heterocycles. The summed E-state index contributed by atoms with van der Waals surface area (Å²) in [5.74, 6) is 0. The average Bonchev–Trinajstić information content (AvgIpc) is 2.15. The summed E-state index contributed by atoms with van der Waals surface area (Å²) in [6.07, 6.45) is 0. The molecule has 1 rings (SSSR count). The van der Waals surface area contributed by atoms with E-state index in [1.165, 1.54) is 19.1 Å². The van der Waals surface area contributed by atoms with E-state index in [1.54, 1.807) is 0 Å². The monoisotopic (exact) mass is 296 g/mol. The summed E-state index contributed by atoms with van der Waals surface area (Å²) in [5.41, 5.74) is 0.331. The van der Waals surface area contributed by atoms with Crippen molar-refractivity contribution in [3.63, 3.8) is 0 Å². The van der Waals surface area contributed by atoms with Crippen molar-refractivity contribution in [1.29, 1.82) is 0 Å². The van der Waals surface area contributed by atoms with E-state index in [1.807, 2.05) is 0 Å². The van der Waals surface area contributed by atoms with Gasteiger partial charge in [0.25, 0.3) is 0 Å². The second-order valence-corrected chi connectivity index (χ2v) is 4.72. The normalized spacial score (nSPS) is 10.3.